The van der Waals surface area contributed by atoms with Crippen LogP contribution in [0.3, 0.4) is 0 Å². The van der Waals surface area contributed by atoms with Gasteiger partial charge in [0.15, 0.2) is 5.78 Å². The smallest absolute Gasteiger partial charge is 0.226 e. The number of aromatic nitrogens is 3. The number of allylic oxidation sites excluding steroid dienone is 2. The average Bonchev–Trinajstić information content (AvgIpc) is 3.29. The average molecular weight is 346 g/mol. The number of ketones is 1. The predicted octanol–water partition coefficient (Wildman–Crippen LogP) is 3.60. The first-order valence-corrected chi connectivity index (χ1v) is 8.75. The highest BCUT2D eigenvalue weighted by atomic mass is 16.3. The van der Waals surface area contributed by atoms with Gasteiger partial charge in [0.25, 0.3) is 0 Å². The molecule has 3 aromatic rings. The molecule has 0 fully saturated rings. The number of aryl methyl sites for hydroxylation is 1. The van der Waals surface area contributed by atoms with Crippen LogP contribution < -0.4 is 5.32 Å². The summed E-state index contributed by atoms with van der Waals surface area (Å²) < 4.78 is 7.38. The fraction of sp³-hybridized carbons (Fsp3) is 0.250. The van der Waals surface area contributed by atoms with E-state index < -0.39 is 0 Å². The van der Waals surface area contributed by atoms with Crippen molar-refractivity contribution in [2.24, 2.45) is 0 Å². The Hall–Kier alpha value is -3.15. The Morgan fingerprint density at radius 3 is 2.77 bits per heavy atom. The second-order valence-electron chi connectivity index (χ2n) is 6.80. The molecule has 0 bridgehead atoms. The number of furan rings is 1. The molecule has 1 N–H and O–H groups in total. The van der Waals surface area contributed by atoms with Gasteiger partial charge in [0.1, 0.15) is 17.6 Å². The van der Waals surface area contributed by atoms with Gasteiger partial charge in [0, 0.05) is 23.6 Å². The predicted molar refractivity (Wildman–Crippen MR) is 95.7 cm³/mol. The number of anilines is 1. The van der Waals surface area contributed by atoms with Crippen LogP contribution in [0.1, 0.15) is 41.9 Å². The molecule has 130 valence electrons. The van der Waals surface area contributed by atoms with Crippen molar-refractivity contribution in [3.05, 3.63) is 77.1 Å². The first-order chi connectivity index (χ1) is 12.7. The zero-order valence-corrected chi connectivity index (χ0v) is 14.3. The van der Waals surface area contributed by atoms with Gasteiger partial charge in [0.05, 0.1) is 6.26 Å². The number of hydrogen-bond acceptors (Lipinski definition) is 5. The number of benzene rings is 1. The van der Waals surface area contributed by atoms with E-state index in [1.165, 1.54) is 0 Å². The molecule has 0 amide bonds. The second-order valence-corrected chi connectivity index (χ2v) is 6.80. The largest absolute Gasteiger partial charge is 0.469 e. The van der Waals surface area contributed by atoms with Crippen molar-refractivity contribution < 1.29 is 9.21 Å². The third kappa shape index (κ3) is 2.29. The van der Waals surface area contributed by atoms with E-state index in [-0.39, 0.29) is 17.7 Å². The quantitative estimate of drug-likeness (QED) is 0.767. The SMILES string of the molecule is Cc1nc2n(n1)[C@@H](c1ccccc1)C1=C(C[C@@H](c3ccco3)CC1=O)N2. The van der Waals surface area contributed by atoms with Crippen LogP contribution in [-0.2, 0) is 4.79 Å². The lowest BCUT2D eigenvalue weighted by atomic mass is 9.79. The summed E-state index contributed by atoms with van der Waals surface area (Å²) in [4.78, 5) is 17.6. The Labute approximate surface area is 150 Å². The number of nitrogens with zero attached hydrogens (tertiary/aromatic N) is 3. The molecule has 1 aliphatic carbocycles. The number of carbonyl (C=O) groups excluding carboxylic acids is 1. The van der Waals surface area contributed by atoms with Crippen LogP contribution in [-0.4, -0.2) is 20.5 Å². The Kier molecular flexibility index (Phi) is 3.31. The number of nitrogens with one attached hydrogen (secondary N) is 1. The van der Waals surface area contributed by atoms with Crippen LogP contribution in [0.2, 0.25) is 0 Å². The molecule has 5 rings (SSSR count). The molecule has 2 aromatic heterocycles. The molecule has 26 heavy (non-hydrogen) atoms. The van der Waals surface area contributed by atoms with Crippen LogP contribution in [0.25, 0.3) is 0 Å². The Morgan fingerprint density at radius 1 is 1.15 bits per heavy atom. The molecule has 6 heteroatoms. The fourth-order valence-electron chi connectivity index (χ4n) is 3.99. The van der Waals surface area contributed by atoms with Crippen molar-refractivity contribution in [2.75, 3.05) is 5.32 Å². The topological polar surface area (TPSA) is 73.0 Å². The van der Waals surface area contributed by atoms with Gasteiger partial charge in [0.2, 0.25) is 5.95 Å². The van der Waals surface area contributed by atoms with Crippen molar-refractivity contribution in [1.29, 1.82) is 0 Å². The van der Waals surface area contributed by atoms with Gasteiger partial charge >= 0.3 is 0 Å². The molecule has 1 aliphatic heterocycles. The molecule has 3 heterocycles. The molecular formula is C20H18N4O2. The minimum Gasteiger partial charge on any atom is -0.469 e. The molecule has 0 unspecified atom stereocenters. The summed E-state index contributed by atoms with van der Waals surface area (Å²) in [6.45, 7) is 1.86. The Balaban J connectivity index is 1.64. The maximum absolute atomic E-state index is 13.1. The number of carbonyl (C=O) groups is 1. The zero-order chi connectivity index (χ0) is 17.7. The number of fused-ring (bicyclic) bond motifs is 1. The van der Waals surface area contributed by atoms with E-state index in [1.54, 1.807) is 6.26 Å². The lowest BCUT2D eigenvalue weighted by molar-refractivity contribution is -0.117. The minimum atomic E-state index is -0.242. The third-order valence-electron chi connectivity index (χ3n) is 5.09. The van der Waals surface area contributed by atoms with Crippen molar-refractivity contribution in [3.63, 3.8) is 0 Å². The number of hydrogen-bond donors (Lipinski definition) is 1. The van der Waals surface area contributed by atoms with Gasteiger partial charge in [-0.3, -0.25) is 4.79 Å². The van der Waals surface area contributed by atoms with Crippen LogP contribution >= 0.6 is 0 Å². The van der Waals surface area contributed by atoms with E-state index in [0.717, 1.165) is 29.0 Å². The monoisotopic (exact) mass is 346 g/mol. The second kappa shape index (κ2) is 5.69. The van der Waals surface area contributed by atoms with Gasteiger partial charge in [-0.05, 0) is 31.0 Å². The van der Waals surface area contributed by atoms with Crippen LogP contribution in [0.15, 0.2) is 64.4 Å². The van der Waals surface area contributed by atoms with Crippen molar-refractivity contribution in [3.8, 4) is 0 Å². The van der Waals surface area contributed by atoms with Crippen LogP contribution in [0.4, 0.5) is 5.95 Å². The van der Waals surface area contributed by atoms with Gasteiger partial charge in [-0.2, -0.15) is 10.1 Å². The third-order valence-corrected chi connectivity index (χ3v) is 5.09. The minimum absolute atomic E-state index is 0.0516. The highest BCUT2D eigenvalue weighted by Gasteiger charge is 2.40. The highest BCUT2D eigenvalue weighted by Crippen LogP contribution is 2.43. The normalized spacial score (nSPS) is 22.0. The summed E-state index contributed by atoms with van der Waals surface area (Å²) in [5.41, 5.74) is 2.75. The molecule has 1 aromatic carbocycles. The molecule has 0 radical (unpaired) electrons. The molecule has 2 atom stereocenters. The molecule has 6 nitrogen and oxygen atoms in total. The summed E-state index contributed by atoms with van der Waals surface area (Å²) in [5, 5.41) is 7.89. The van der Waals surface area contributed by atoms with Crippen molar-refractivity contribution >= 4 is 11.7 Å². The van der Waals surface area contributed by atoms with E-state index in [0.29, 0.717) is 18.2 Å². The van der Waals surface area contributed by atoms with E-state index in [4.69, 9.17) is 4.42 Å². The first kappa shape index (κ1) is 15.1. The lowest BCUT2D eigenvalue weighted by Crippen LogP contribution is -2.33. The fourth-order valence-corrected chi connectivity index (χ4v) is 3.99. The Morgan fingerprint density at radius 2 is 2.00 bits per heavy atom. The van der Waals surface area contributed by atoms with Crippen LogP contribution in [0, 0.1) is 6.92 Å². The maximum Gasteiger partial charge on any atom is 0.226 e. The summed E-state index contributed by atoms with van der Waals surface area (Å²) in [7, 11) is 0. The standard InChI is InChI=1S/C20H18N4O2/c1-12-21-20-22-15-10-14(17-8-5-9-26-17)11-16(25)18(15)19(24(20)23-12)13-6-3-2-4-7-13/h2-9,14,19H,10-11H2,1H3,(H,21,22,23)/t14-,19+/m1/s1. The highest BCUT2D eigenvalue weighted by molar-refractivity contribution is 6.00. The molecular weight excluding hydrogens is 328 g/mol. The summed E-state index contributed by atoms with van der Waals surface area (Å²) >= 11 is 0. The zero-order valence-electron chi connectivity index (χ0n) is 14.3. The summed E-state index contributed by atoms with van der Waals surface area (Å²) in [5.74, 6) is 2.40. The number of Topliss-reactive ketones (excluding diaryl/α,β-unsaturated/α-hetero) is 1. The molecule has 0 saturated carbocycles. The van der Waals surface area contributed by atoms with E-state index in [1.807, 2.05) is 54.1 Å². The van der Waals surface area contributed by atoms with Crippen molar-refractivity contribution in [1.82, 2.24) is 14.8 Å². The van der Waals surface area contributed by atoms with Crippen LogP contribution in [0.5, 0.6) is 0 Å². The van der Waals surface area contributed by atoms with Crippen molar-refractivity contribution in [2.45, 2.75) is 31.7 Å². The summed E-state index contributed by atoms with van der Waals surface area (Å²) in [6, 6.07) is 13.6. The van der Waals surface area contributed by atoms with Gasteiger partial charge in [-0.1, -0.05) is 30.3 Å². The Bertz CT molecular complexity index is 1000. The van der Waals surface area contributed by atoms with E-state index in [9.17, 15) is 4.79 Å². The van der Waals surface area contributed by atoms with E-state index >= 15 is 0 Å². The molecule has 0 saturated heterocycles. The lowest BCUT2D eigenvalue weighted by Gasteiger charge is -2.34. The van der Waals surface area contributed by atoms with Gasteiger partial charge in [-0.25, -0.2) is 4.68 Å². The number of rotatable bonds is 2. The van der Waals surface area contributed by atoms with E-state index in [2.05, 4.69) is 15.4 Å². The molecule has 0 spiro atoms. The first-order valence-electron chi connectivity index (χ1n) is 8.75. The van der Waals surface area contributed by atoms with Gasteiger partial charge < -0.3 is 9.73 Å². The maximum atomic E-state index is 13.1. The summed E-state index contributed by atoms with van der Waals surface area (Å²) in [6.07, 6.45) is 2.83. The molecule has 2 aliphatic rings. The van der Waals surface area contributed by atoms with Gasteiger partial charge in [-0.15, -0.1) is 0 Å².